The molecule has 1 fully saturated rings. The Morgan fingerprint density at radius 2 is 2.11 bits per heavy atom. The maximum absolute atomic E-state index is 12.1. The van der Waals surface area contributed by atoms with Crippen LogP contribution >= 0.6 is 11.8 Å². The maximum atomic E-state index is 12.1. The highest BCUT2D eigenvalue weighted by Crippen LogP contribution is 2.32. The fraction of sp³-hybridized carbons (Fsp3) is 0.846. The lowest BCUT2D eigenvalue weighted by Crippen LogP contribution is -2.50. The lowest BCUT2D eigenvalue weighted by atomic mass is 9.81. The van der Waals surface area contributed by atoms with Gasteiger partial charge in [-0.05, 0) is 19.8 Å². The van der Waals surface area contributed by atoms with Gasteiger partial charge < -0.3 is 10.6 Å². The second kappa shape index (κ2) is 7.01. The van der Waals surface area contributed by atoms with Gasteiger partial charge >= 0.3 is 0 Å². The predicted octanol–water partition coefficient (Wildman–Crippen LogP) is 1.75. The molecule has 102 valence electrons. The fourth-order valence-electron chi connectivity index (χ4n) is 2.33. The fourth-order valence-corrected chi connectivity index (χ4v) is 3.18. The average Bonchev–Trinajstić information content (AvgIpc) is 2.38. The summed E-state index contributed by atoms with van der Waals surface area (Å²) in [5.74, 6) is 1.24. The van der Waals surface area contributed by atoms with Crippen LogP contribution in [0.5, 0.6) is 0 Å². The van der Waals surface area contributed by atoms with Crippen LogP contribution in [0.1, 0.15) is 39.0 Å². The van der Waals surface area contributed by atoms with E-state index in [9.17, 15) is 10.1 Å². The molecular weight excluding hydrogens is 246 g/mol. The molecule has 0 aromatic heterocycles. The highest BCUT2D eigenvalue weighted by molar-refractivity contribution is 7.99. The van der Waals surface area contributed by atoms with Gasteiger partial charge in [0.15, 0.2) is 0 Å². The highest BCUT2D eigenvalue weighted by atomic mass is 32.2. The molecule has 1 unspecified atom stereocenters. The monoisotopic (exact) mass is 269 g/mol. The van der Waals surface area contributed by atoms with E-state index in [-0.39, 0.29) is 11.9 Å². The van der Waals surface area contributed by atoms with Crippen LogP contribution < -0.4 is 5.73 Å². The van der Waals surface area contributed by atoms with Crippen molar-refractivity contribution in [3.8, 4) is 6.07 Å². The van der Waals surface area contributed by atoms with Crippen LogP contribution in [0, 0.1) is 11.3 Å². The van der Waals surface area contributed by atoms with Gasteiger partial charge in [-0.3, -0.25) is 4.79 Å². The number of carbonyl (C=O) groups excluding carboxylic acids is 1. The van der Waals surface area contributed by atoms with E-state index in [1.54, 1.807) is 23.7 Å². The molecule has 1 aliphatic rings. The van der Waals surface area contributed by atoms with Crippen molar-refractivity contribution >= 4 is 17.7 Å². The van der Waals surface area contributed by atoms with Gasteiger partial charge in [0.05, 0.1) is 11.8 Å². The molecule has 0 heterocycles. The summed E-state index contributed by atoms with van der Waals surface area (Å²) < 4.78 is 0. The quantitative estimate of drug-likeness (QED) is 0.825. The predicted molar refractivity (Wildman–Crippen MR) is 75.2 cm³/mol. The van der Waals surface area contributed by atoms with E-state index in [1.807, 2.05) is 6.92 Å². The Morgan fingerprint density at radius 3 is 2.61 bits per heavy atom. The second-order valence-corrected chi connectivity index (χ2v) is 6.18. The third kappa shape index (κ3) is 3.89. The maximum Gasteiger partial charge on any atom is 0.233 e. The number of carbonyl (C=O) groups is 1. The standard InChI is InChI=1S/C13H23N3OS/c1-11(15)8-18-9-12(17)16(2)13(10-14)6-4-3-5-7-13/h11H,3-9,15H2,1-2H3. The molecule has 1 amide bonds. The number of nitrogens with zero attached hydrogens (tertiary/aromatic N) is 2. The van der Waals surface area contributed by atoms with Crippen molar-refractivity contribution in [2.75, 3.05) is 18.6 Å². The summed E-state index contributed by atoms with van der Waals surface area (Å²) in [6.07, 6.45) is 4.87. The van der Waals surface area contributed by atoms with Gasteiger partial charge in [0.1, 0.15) is 5.54 Å². The van der Waals surface area contributed by atoms with Crippen LogP contribution in [-0.2, 0) is 4.79 Å². The number of amides is 1. The smallest absolute Gasteiger partial charge is 0.233 e. The zero-order valence-corrected chi connectivity index (χ0v) is 12.1. The van der Waals surface area contributed by atoms with Crippen LogP contribution in [0.15, 0.2) is 0 Å². The van der Waals surface area contributed by atoms with E-state index < -0.39 is 5.54 Å². The SMILES string of the molecule is CC(N)CSCC(=O)N(C)C1(C#N)CCCCC1. The van der Waals surface area contributed by atoms with Gasteiger partial charge in [0, 0.05) is 18.8 Å². The second-order valence-electron chi connectivity index (χ2n) is 5.15. The van der Waals surface area contributed by atoms with E-state index in [4.69, 9.17) is 5.73 Å². The molecule has 2 N–H and O–H groups in total. The Balaban J connectivity index is 2.53. The van der Waals surface area contributed by atoms with Gasteiger partial charge in [0.2, 0.25) is 5.91 Å². The Hall–Kier alpha value is -0.730. The van der Waals surface area contributed by atoms with Crippen molar-refractivity contribution < 1.29 is 4.79 Å². The summed E-state index contributed by atoms with van der Waals surface area (Å²) in [6, 6.07) is 2.47. The molecule has 4 nitrogen and oxygen atoms in total. The summed E-state index contributed by atoms with van der Waals surface area (Å²) in [5, 5.41) is 9.40. The molecule has 1 aliphatic carbocycles. The minimum atomic E-state index is -0.565. The molecule has 18 heavy (non-hydrogen) atoms. The summed E-state index contributed by atoms with van der Waals surface area (Å²) >= 11 is 1.55. The largest absolute Gasteiger partial charge is 0.327 e. The van der Waals surface area contributed by atoms with Gasteiger partial charge in [0.25, 0.3) is 0 Å². The van der Waals surface area contributed by atoms with Crippen LogP contribution in [0.25, 0.3) is 0 Å². The van der Waals surface area contributed by atoms with Gasteiger partial charge in [-0.1, -0.05) is 19.3 Å². The first kappa shape index (κ1) is 15.3. The van der Waals surface area contributed by atoms with Crippen molar-refractivity contribution in [2.24, 2.45) is 5.73 Å². The zero-order valence-electron chi connectivity index (χ0n) is 11.3. The van der Waals surface area contributed by atoms with E-state index >= 15 is 0 Å². The van der Waals surface area contributed by atoms with Crippen LogP contribution in [0.2, 0.25) is 0 Å². The lowest BCUT2D eigenvalue weighted by molar-refractivity contribution is -0.131. The number of rotatable bonds is 5. The molecule has 1 rings (SSSR count). The average molecular weight is 269 g/mol. The van der Waals surface area contributed by atoms with Crippen LogP contribution in [-0.4, -0.2) is 40.9 Å². The molecule has 0 aromatic rings. The van der Waals surface area contributed by atoms with Crippen LogP contribution in [0.4, 0.5) is 0 Å². The molecular formula is C13H23N3OS. The highest BCUT2D eigenvalue weighted by Gasteiger charge is 2.38. The molecule has 0 spiro atoms. The first-order valence-electron chi connectivity index (χ1n) is 6.53. The third-order valence-corrected chi connectivity index (χ3v) is 4.72. The summed E-state index contributed by atoms with van der Waals surface area (Å²) in [6.45, 7) is 1.93. The number of thioether (sulfide) groups is 1. The summed E-state index contributed by atoms with van der Waals surface area (Å²) in [7, 11) is 1.77. The van der Waals surface area contributed by atoms with Crippen molar-refractivity contribution in [3.63, 3.8) is 0 Å². The Labute approximate surface area is 114 Å². The minimum Gasteiger partial charge on any atom is -0.327 e. The Kier molecular flexibility index (Phi) is 5.97. The van der Waals surface area contributed by atoms with Crippen molar-refractivity contribution in [1.82, 2.24) is 4.90 Å². The molecule has 0 radical (unpaired) electrons. The lowest BCUT2D eigenvalue weighted by Gasteiger charge is -2.39. The first-order valence-corrected chi connectivity index (χ1v) is 7.68. The zero-order chi connectivity index (χ0) is 13.6. The minimum absolute atomic E-state index is 0.0455. The van der Waals surface area contributed by atoms with E-state index in [1.165, 1.54) is 6.42 Å². The summed E-state index contributed by atoms with van der Waals surface area (Å²) in [5.41, 5.74) is 5.09. The van der Waals surface area contributed by atoms with E-state index in [0.29, 0.717) is 5.75 Å². The van der Waals surface area contributed by atoms with Gasteiger partial charge in [-0.25, -0.2) is 0 Å². The Bertz CT molecular complexity index is 319. The number of nitriles is 1. The molecule has 5 heteroatoms. The van der Waals surface area contributed by atoms with Crippen LogP contribution in [0.3, 0.4) is 0 Å². The van der Waals surface area contributed by atoms with Gasteiger partial charge in [-0.2, -0.15) is 17.0 Å². The number of hydrogen-bond donors (Lipinski definition) is 1. The molecule has 0 bridgehead atoms. The van der Waals surface area contributed by atoms with Crippen molar-refractivity contribution in [3.05, 3.63) is 0 Å². The number of nitrogens with two attached hydrogens (primary N) is 1. The molecule has 0 aromatic carbocycles. The molecule has 0 saturated heterocycles. The Morgan fingerprint density at radius 1 is 1.50 bits per heavy atom. The molecule has 1 saturated carbocycles. The van der Waals surface area contributed by atoms with E-state index in [2.05, 4.69) is 6.07 Å². The van der Waals surface area contributed by atoms with Gasteiger partial charge in [-0.15, -0.1) is 0 Å². The van der Waals surface area contributed by atoms with Crippen molar-refractivity contribution in [2.45, 2.75) is 50.6 Å². The van der Waals surface area contributed by atoms with E-state index in [0.717, 1.165) is 31.4 Å². The topological polar surface area (TPSA) is 70.1 Å². The normalized spacial score (nSPS) is 19.9. The molecule has 0 aliphatic heterocycles. The molecule has 1 atom stereocenters. The number of hydrogen-bond acceptors (Lipinski definition) is 4. The van der Waals surface area contributed by atoms with Crippen molar-refractivity contribution in [1.29, 1.82) is 5.26 Å². The summed E-state index contributed by atoms with van der Waals surface area (Å²) in [4.78, 5) is 13.8. The first-order chi connectivity index (χ1) is 8.52. The third-order valence-electron chi connectivity index (χ3n) is 3.51.